The Kier molecular flexibility index (Phi) is 5.94. The Bertz CT molecular complexity index is 298. The van der Waals surface area contributed by atoms with Crippen LogP contribution in [0.3, 0.4) is 0 Å². The number of halogens is 3. The SMILES string of the molecule is CCN(CCNCC(F)(F)F)Cc1cccs1. The van der Waals surface area contributed by atoms with E-state index in [1.807, 2.05) is 24.4 Å². The molecule has 0 spiro atoms. The molecular formula is C11H17F3N2S. The molecule has 17 heavy (non-hydrogen) atoms. The minimum Gasteiger partial charge on any atom is -0.307 e. The molecule has 2 nitrogen and oxygen atoms in total. The minimum atomic E-state index is -4.12. The van der Waals surface area contributed by atoms with Gasteiger partial charge in [0.2, 0.25) is 0 Å². The van der Waals surface area contributed by atoms with Crippen LogP contribution >= 0.6 is 11.3 Å². The third kappa shape index (κ3) is 6.65. The van der Waals surface area contributed by atoms with E-state index in [1.54, 1.807) is 11.3 Å². The van der Waals surface area contributed by atoms with Crippen LogP contribution in [0, 0.1) is 0 Å². The summed E-state index contributed by atoms with van der Waals surface area (Å²) < 4.78 is 35.7. The number of rotatable bonds is 7. The van der Waals surface area contributed by atoms with Crippen LogP contribution in [0.4, 0.5) is 13.2 Å². The molecule has 0 aliphatic rings. The smallest absolute Gasteiger partial charge is 0.307 e. The summed E-state index contributed by atoms with van der Waals surface area (Å²) in [7, 11) is 0. The van der Waals surface area contributed by atoms with E-state index in [4.69, 9.17) is 0 Å². The van der Waals surface area contributed by atoms with Crippen molar-refractivity contribution in [3.8, 4) is 0 Å². The van der Waals surface area contributed by atoms with Gasteiger partial charge in [0, 0.05) is 24.5 Å². The van der Waals surface area contributed by atoms with Crippen LogP contribution in [0.5, 0.6) is 0 Å². The first-order valence-corrected chi connectivity index (χ1v) is 6.41. The van der Waals surface area contributed by atoms with Gasteiger partial charge in [0.1, 0.15) is 0 Å². The number of hydrogen-bond donors (Lipinski definition) is 1. The van der Waals surface area contributed by atoms with Crippen molar-refractivity contribution in [3.63, 3.8) is 0 Å². The maximum Gasteiger partial charge on any atom is 0.401 e. The summed E-state index contributed by atoms with van der Waals surface area (Å²) in [6, 6.07) is 4.02. The molecule has 0 saturated carbocycles. The second-order valence-electron chi connectivity index (χ2n) is 3.74. The van der Waals surface area contributed by atoms with Gasteiger partial charge in [0.05, 0.1) is 6.54 Å². The fourth-order valence-corrected chi connectivity index (χ4v) is 2.19. The standard InChI is InChI=1S/C11H17F3N2S/c1-2-16(8-10-4-3-7-17-10)6-5-15-9-11(12,13)14/h3-4,7,15H,2,5-6,8-9H2,1H3. The largest absolute Gasteiger partial charge is 0.401 e. The van der Waals surface area contributed by atoms with E-state index in [2.05, 4.69) is 10.2 Å². The minimum absolute atomic E-state index is 0.360. The number of alkyl halides is 3. The van der Waals surface area contributed by atoms with E-state index in [0.717, 1.165) is 13.1 Å². The normalized spacial score (nSPS) is 12.3. The fraction of sp³-hybridized carbons (Fsp3) is 0.636. The van der Waals surface area contributed by atoms with Gasteiger partial charge in [-0.15, -0.1) is 11.3 Å². The lowest BCUT2D eigenvalue weighted by Crippen LogP contribution is -2.36. The monoisotopic (exact) mass is 266 g/mol. The van der Waals surface area contributed by atoms with Crippen LogP contribution in [-0.2, 0) is 6.54 Å². The van der Waals surface area contributed by atoms with Gasteiger partial charge in [-0.3, -0.25) is 4.90 Å². The first kappa shape index (κ1) is 14.5. The van der Waals surface area contributed by atoms with Crippen molar-refractivity contribution in [1.29, 1.82) is 0 Å². The molecule has 1 rings (SSSR count). The van der Waals surface area contributed by atoms with Crippen LogP contribution in [0.25, 0.3) is 0 Å². The summed E-state index contributed by atoms with van der Waals surface area (Å²) in [4.78, 5) is 3.36. The van der Waals surface area contributed by atoms with E-state index < -0.39 is 12.7 Å². The second-order valence-corrected chi connectivity index (χ2v) is 4.77. The van der Waals surface area contributed by atoms with Crippen molar-refractivity contribution in [2.75, 3.05) is 26.2 Å². The van der Waals surface area contributed by atoms with Gasteiger partial charge in [-0.25, -0.2) is 0 Å². The Morgan fingerprint density at radius 1 is 1.41 bits per heavy atom. The van der Waals surface area contributed by atoms with Gasteiger partial charge in [-0.1, -0.05) is 13.0 Å². The first-order valence-electron chi connectivity index (χ1n) is 5.53. The van der Waals surface area contributed by atoms with E-state index in [0.29, 0.717) is 13.1 Å². The molecule has 1 heterocycles. The highest BCUT2D eigenvalue weighted by molar-refractivity contribution is 7.09. The maximum atomic E-state index is 11.9. The zero-order chi connectivity index (χ0) is 12.7. The first-order chi connectivity index (χ1) is 8.01. The van der Waals surface area contributed by atoms with Crippen LogP contribution < -0.4 is 5.32 Å². The Balaban J connectivity index is 2.19. The molecule has 1 aromatic rings. The molecule has 0 radical (unpaired) electrons. The summed E-state index contributed by atoms with van der Waals surface area (Å²) in [5.41, 5.74) is 0. The van der Waals surface area contributed by atoms with Crippen LogP contribution in [0.15, 0.2) is 17.5 Å². The van der Waals surface area contributed by atoms with Crippen molar-refractivity contribution in [3.05, 3.63) is 22.4 Å². The summed E-state index contributed by atoms with van der Waals surface area (Å²) in [6.07, 6.45) is -4.12. The Labute approximate surface area is 103 Å². The van der Waals surface area contributed by atoms with E-state index in [-0.39, 0.29) is 0 Å². The van der Waals surface area contributed by atoms with Gasteiger partial charge < -0.3 is 5.32 Å². The van der Waals surface area contributed by atoms with Gasteiger partial charge in [0.15, 0.2) is 0 Å². The number of likely N-dealkylation sites (N-methyl/N-ethyl adjacent to an activating group) is 1. The van der Waals surface area contributed by atoms with Crippen molar-refractivity contribution in [1.82, 2.24) is 10.2 Å². The molecule has 0 amide bonds. The Morgan fingerprint density at radius 3 is 2.71 bits per heavy atom. The molecule has 0 unspecified atom stereocenters. The third-order valence-corrected chi connectivity index (χ3v) is 3.20. The lowest BCUT2D eigenvalue weighted by atomic mass is 10.4. The summed E-state index contributed by atoms with van der Waals surface area (Å²) in [6.45, 7) is 3.73. The lowest BCUT2D eigenvalue weighted by molar-refractivity contribution is -0.124. The molecular weight excluding hydrogens is 249 g/mol. The average Bonchev–Trinajstić information content (AvgIpc) is 2.73. The molecule has 0 saturated heterocycles. The molecule has 98 valence electrons. The van der Waals surface area contributed by atoms with E-state index >= 15 is 0 Å². The van der Waals surface area contributed by atoms with Gasteiger partial charge in [-0.05, 0) is 18.0 Å². The van der Waals surface area contributed by atoms with Crippen LogP contribution in [0.2, 0.25) is 0 Å². The molecule has 6 heteroatoms. The van der Waals surface area contributed by atoms with Gasteiger partial charge in [-0.2, -0.15) is 13.2 Å². The Hall–Kier alpha value is -0.590. The topological polar surface area (TPSA) is 15.3 Å². The highest BCUT2D eigenvalue weighted by Crippen LogP contribution is 2.12. The molecule has 1 N–H and O–H groups in total. The quantitative estimate of drug-likeness (QED) is 0.763. The summed E-state index contributed by atoms with van der Waals surface area (Å²) in [5, 5.41) is 4.41. The third-order valence-electron chi connectivity index (χ3n) is 2.34. The summed E-state index contributed by atoms with van der Waals surface area (Å²) >= 11 is 1.67. The molecule has 0 fully saturated rings. The predicted octanol–water partition coefficient (Wildman–Crippen LogP) is 2.72. The van der Waals surface area contributed by atoms with Crippen molar-refractivity contribution in [2.45, 2.75) is 19.6 Å². The second kappa shape index (κ2) is 6.98. The van der Waals surface area contributed by atoms with Crippen molar-refractivity contribution in [2.24, 2.45) is 0 Å². The highest BCUT2D eigenvalue weighted by Gasteiger charge is 2.25. The number of thiophene rings is 1. The van der Waals surface area contributed by atoms with Crippen molar-refractivity contribution < 1.29 is 13.2 Å². The van der Waals surface area contributed by atoms with E-state index in [1.165, 1.54) is 4.88 Å². The molecule has 0 aliphatic carbocycles. The summed E-state index contributed by atoms with van der Waals surface area (Å²) in [5.74, 6) is 0. The zero-order valence-corrected chi connectivity index (χ0v) is 10.6. The molecule has 0 atom stereocenters. The van der Waals surface area contributed by atoms with Crippen LogP contribution in [-0.4, -0.2) is 37.3 Å². The predicted molar refractivity (Wildman–Crippen MR) is 64.2 cm³/mol. The van der Waals surface area contributed by atoms with E-state index in [9.17, 15) is 13.2 Å². The molecule has 0 aromatic carbocycles. The maximum absolute atomic E-state index is 11.9. The highest BCUT2D eigenvalue weighted by atomic mass is 32.1. The number of nitrogens with one attached hydrogen (secondary N) is 1. The molecule has 0 bridgehead atoms. The molecule has 1 aromatic heterocycles. The van der Waals surface area contributed by atoms with Gasteiger partial charge in [0.25, 0.3) is 0 Å². The van der Waals surface area contributed by atoms with Gasteiger partial charge >= 0.3 is 6.18 Å². The Morgan fingerprint density at radius 2 is 2.18 bits per heavy atom. The number of nitrogens with zero attached hydrogens (tertiary/aromatic N) is 1. The average molecular weight is 266 g/mol. The van der Waals surface area contributed by atoms with Crippen LogP contribution in [0.1, 0.15) is 11.8 Å². The molecule has 0 aliphatic heterocycles. The van der Waals surface area contributed by atoms with Crippen molar-refractivity contribution >= 4 is 11.3 Å². The number of hydrogen-bond acceptors (Lipinski definition) is 3. The zero-order valence-electron chi connectivity index (χ0n) is 9.76. The lowest BCUT2D eigenvalue weighted by Gasteiger charge is -2.20. The fourth-order valence-electron chi connectivity index (χ4n) is 1.44.